The molecule has 1 saturated heterocycles. The van der Waals surface area contributed by atoms with E-state index in [1.54, 1.807) is 0 Å². The highest BCUT2D eigenvalue weighted by atomic mass is 16.6. The first kappa shape index (κ1) is 11.4. The average molecular weight is 205 g/mol. The number of carbonyl (C=O) groups is 1. The zero-order valence-corrected chi connectivity index (χ0v) is 7.88. The standard InChI is InChI=1S/C8H15NO5/c1-4(11)9-7-6(12)2-5(3-10)14-8(7)13/h5-8,10,12-13H,2-3H2,1H3,(H,9,11)/t5-,6+,7+,8?/m0/s1. The molecule has 0 aromatic heterocycles. The van der Waals surface area contributed by atoms with Crippen molar-refractivity contribution in [2.45, 2.75) is 37.9 Å². The van der Waals surface area contributed by atoms with Gasteiger partial charge in [0.1, 0.15) is 6.04 Å². The average Bonchev–Trinajstić information content (AvgIpc) is 2.10. The summed E-state index contributed by atoms with van der Waals surface area (Å²) in [5.41, 5.74) is 0. The third kappa shape index (κ3) is 2.65. The molecule has 0 saturated carbocycles. The number of hydrogen-bond donors (Lipinski definition) is 4. The number of rotatable bonds is 2. The Morgan fingerprint density at radius 2 is 2.21 bits per heavy atom. The fourth-order valence-corrected chi connectivity index (χ4v) is 1.46. The molecule has 1 aliphatic heterocycles. The van der Waals surface area contributed by atoms with Crippen LogP contribution in [0, 0.1) is 0 Å². The molecule has 6 nitrogen and oxygen atoms in total. The van der Waals surface area contributed by atoms with E-state index in [0.717, 1.165) is 0 Å². The number of nitrogens with one attached hydrogen (secondary N) is 1. The molecule has 1 rings (SSSR count). The smallest absolute Gasteiger partial charge is 0.217 e. The van der Waals surface area contributed by atoms with Crippen LogP contribution >= 0.6 is 0 Å². The van der Waals surface area contributed by atoms with Gasteiger partial charge in [0.2, 0.25) is 5.91 Å². The van der Waals surface area contributed by atoms with Crippen LogP contribution in [-0.2, 0) is 9.53 Å². The lowest BCUT2D eigenvalue weighted by atomic mass is 10.0. The largest absolute Gasteiger partial charge is 0.394 e. The van der Waals surface area contributed by atoms with Crippen LogP contribution in [0.25, 0.3) is 0 Å². The van der Waals surface area contributed by atoms with E-state index >= 15 is 0 Å². The molecule has 0 aromatic rings. The van der Waals surface area contributed by atoms with Gasteiger partial charge in [-0.3, -0.25) is 4.79 Å². The van der Waals surface area contributed by atoms with E-state index in [0.29, 0.717) is 0 Å². The lowest BCUT2D eigenvalue weighted by molar-refractivity contribution is -0.214. The lowest BCUT2D eigenvalue weighted by Gasteiger charge is -2.36. The van der Waals surface area contributed by atoms with Crippen molar-refractivity contribution in [2.75, 3.05) is 6.61 Å². The van der Waals surface area contributed by atoms with E-state index in [2.05, 4.69) is 5.32 Å². The van der Waals surface area contributed by atoms with Crippen molar-refractivity contribution in [2.24, 2.45) is 0 Å². The maximum atomic E-state index is 10.7. The van der Waals surface area contributed by atoms with Gasteiger partial charge in [-0.05, 0) is 0 Å². The zero-order chi connectivity index (χ0) is 10.7. The molecule has 0 aliphatic carbocycles. The minimum absolute atomic E-state index is 0.193. The van der Waals surface area contributed by atoms with Crippen molar-refractivity contribution in [1.29, 1.82) is 0 Å². The van der Waals surface area contributed by atoms with Gasteiger partial charge in [0.05, 0.1) is 18.8 Å². The van der Waals surface area contributed by atoms with Gasteiger partial charge in [-0.1, -0.05) is 0 Å². The highest BCUT2D eigenvalue weighted by Crippen LogP contribution is 2.18. The van der Waals surface area contributed by atoms with Crippen LogP contribution in [0.4, 0.5) is 0 Å². The zero-order valence-electron chi connectivity index (χ0n) is 7.88. The SMILES string of the molecule is CC(=O)N[C@H]1C(O)O[C@H](CO)C[C@H]1O. The summed E-state index contributed by atoms with van der Waals surface area (Å²) in [6.45, 7) is 1.03. The number of amides is 1. The first-order valence-corrected chi connectivity index (χ1v) is 4.44. The summed E-state index contributed by atoms with van der Waals surface area (Å²) in [5, 5.41) is 30.0. The second-order valence-corrected chi connectivity index (χ2v) is 3.36. The quantitative estimate of drug-likeness (QED) is 0.416. The first-order valence-electron chi connectivity index (χ1n) is 4.44. The number of aliphatic hydroxyl groups is 3. The molecule has 14 heavy (non-hydrogen) atoms. The predicted octanol–water partition coefficient (Wildman–Crippen LogP) is -2.05. The Kier molecular flexibility index (Phi) is 3.82. The molecule has 4 N–H and O–H groups in total. The topological polar surface area (TPSA) is 99.0 Å². The molecule has 1 amide bonds. The monoisotopic (exact) mass is 205 g/mol. The van der Waals surface area contributed by atoms with Crippen LogP contribution in [0.2, 0.25) is 0 Å². The summed E-state index contributed by atoms with van der Waals surface area (Å²) in [7, 11) is 0. The molecule has 0 bridgehead atoms. The molecule has 0 radical (unpaired) electrons. The van der Waals surface area contributed by atoms with Gasteiger partial charge in [0.15, 0.2) is 6.29 Å². The van der Waals surface area contributed by atoms with E-state index < -0.39 is 24.5 Å². The maximum Gasteiger partial charge on any atom is 0.217 e. The van der Waals surface area contributed by atoms with E-state index in [9.17, 15) is 15.0 Å². The van der Waals surface area contributed by atoms with Crippen LogP contribution < -0.4 is 5.32 Å². The molecule has 1 heterocycles. The molecular formula is C8H15NO5. The van der Waals surface area contributed by atoms with Gasteiger partial charge >= 0.3 is 0 Å². The molecule has 1 aliphatic rings. The third-order valence-corrected chi connectivity index (χ3v) is 2.13. The third-order valence-electron chi connectivity index (χ3n) is 2.13. The van der Waals surface area contributed by atoms with Crippen molar-refractivity contribution in [3.63, 3.8) is 0 Å². The van der Waals surface area contributed by atoms with E-state index in [4.69, 9.17) is 9.84 Å². The fourth-order valence-electron chi connectivity index (χ4n) is 1.46. The number of aliphatic hydroxyl groups excluding tert-OH is 3. The van der Waals surface area contributed by atoms with Crippen LogP contribution in [-0.4, -0.2) is 52.4 Å². The molecule has 1 fully saturated rings. The van der Waals surface area contributed by atoms with Crippen LogP contribution in [0.5, 0.6) is 0 Å². The van der Waals surface area contributed by atoms with Gasteiger partial charge in [0, 0.05) is 13.3 Å². The number of hydrogen-bond acceptors (Lipinski definition) is 5. The van der Waals surface area contributed by atoms with Gasteiger partial charge in [0.25, 0.3) is 0 Å². The van der Waals surface area contributed by atoms with Gasteiger partial charge < -0.3 is 25.4 Å². The molecule has 6 heteroatoms. The minimum Gasteiger partial charge on any atom is -0.394 e. The second-order valence-electron chi connectivity index (χ2n) is 3.36. The first-order chi connectivity index (χ1) is 6.54. The van der Waals surface area contributed by atoms with Crippen LogP contribution in [0.1, 0.15) is 13.3 Å². The number of carbonyl (C=O) groups excluding carboxylic acids is 1. The van der Waals surface area contributed by atoms with Crippen molar-refractivity contribution >= 4 is 5.91 Å². The Labute approximate surface area is 81.5 Å². The molecular weight excluding hydrogens is 190 g/mol. The van der Waals surface area contributed by atoms with Crippen molar-refractivity contribution in [3.05, 3.63) is 0 Å². The van der Waals surface area contributed by atoms with Gasteiger partial charge in [-0.25, -0.2) is 0 Å². The molecule has 4 atom stereocenters. The van der Waals surface area contributed by atoms with Gasteiger partial charge in [-0.15, -0.1) is 0 Å². The van der Waals surface area contributed by atoms with Crippen molar-refractivity contribution in [3.8, 4) is 0 Å². The Bertz CT molecular complexity index is 198. The Balaban J connectivity index is 2.55. The van der Waals surface area contributed by atoms with Crippen molar-refractivity contribution in [1.82, 2.24) is 5.32 Å². The predicted molar refractivity (Wildman–Crippen MR) is 46.2 cm³/mol. The van der Waals surface area contributed by atoms with Gasteiger partial charge in [-0.2, -0.15) is 0 Å². The van der Waals surface area contributed by atoms with Crippen LogP contribution in [0.3, 0.4) is 0 Å². The Morgan fingerprint density at radius 1 is 1.57 bits per heavy atom. The summed E-state index contributed by atoms with van der Waals surface area (Å²) in [6, 6.07) is -0.824. The maximum absolute atomic E-state index is 10.7. The normalized spacial score (nSPS) is 38.0. The highest BCUT2D eigenvalue weighted by Gasteiger charge is 2.36. The summed E-state index contributed by atoms with van der Waals surface area (Å²) in [5.74, 6) is -0.348. The highest BCUT2D eigenvalue weighted by molar-refractivity contribution is 5.73. The summed E-state index contributed by atoms with van der Waals surface area (Å²) >= 11 is 0. The lowest BCUT2D eigenvalue weighted by Crippen LogP contribution is -2.57. The van der Waals surface area contributed by atoms with Crippen LogP contribution in [0.15, 0.2) is 0 Å². The van der Waals surface area contributed by atoms with E-state index in [1.165, 1.54) is 6.92 Å². The van der Waals surface area contributed by atoms with E-state index in [1.807, 2.05) is 0 Å². The fraction of sp³-hybridized carbons (Fsp3) is 0.875. The summed E-state index contributed by atoms with van der Waals surface area (Å²) in [6.07, 6.45) is -2.57. The Hall–Kier alpha value is -0.690. The summed E-state index contributed by atoms with van der Waals surface area (Å²) in [4.78, 5) is 10.7. The summed E-state index contributed by atoms with van der Waals surface area (Å²) < 4.78 is 4.95. The van der Waals surface area contributed by atoms with E-state index in [-0.39, 0.29) is 18.9 Å². The molecule has 0 aromatic carbocycles. The number of ether oxygens (including phenoxy) is 1. The minimum atomic E-state index is -1.28. The molecule has 82 valence electrons. The Morgan fingerprint density at radius 3 is 2.64 bits per heavy atom. The molecule has 0 spiro atoms. The molecule has 1 unspecified atom stereocenters. The van der Waals surface area contributed by atoms with Crippen molar-refractivity contribution < 1.29 is 24.9 Å². The second kappa shape index (κ2) is 4.70.